The molecule has 3 nitrogen and oxygen atoms in total. The number of nitrogens with one attached hydrogen (secondary N) is 1. The zero-order valence-electron chi connectivity index (χ0n) is 12.3. The third kappa shape index (κ3) is 3.13. The predicted molar refractivity (Wildman–Crippen MR) is 77.4 cm³/mol. The maximum Gasteiger partial charge on any atom is 0.131 e. The molecule has 1 unspecified atom stereocenters. The summed E-state index contributed by atoms with van der Waals surface area (Å²) in [6.45, 7) is 2.84. The Kier molecular flexibility index (Phi) is 5.00. The highest BCUT2D eigenvalue weighted by Gasteiger charge is 2.33. The molecule has 2 N–H and O–H groups in total. The standard InChI is InChI=1S/C16H24FNO2/c1-12(15-13(17)6-5-7-14(15)20-2)18-10-16(11-19)8-3-4-9-16/h5-7,12,18-19H,3-4,8-11H2,1-2H3. The Hall–Kier alpha value is -1.13. The molecule has 20 heavy (non-hydrogen) atoms. The Morgan fingerprint density at radius 2 is 2.10 bits per heavy atom. The maximum atomic E-state index is 14.0. The zero-order valence-corrected chi connectivity index (χ0v) is 12.3. The molecule has 1 atom stereocenters. The second-order valence-corrected chi connectivity index (χ2v) is 5.82. The number of aliphatic hydroxyl groups is 1. The Morgan fingerprint density at radius 1 is 1.40 bits per heavy atom. The highest BCUT2D eigenvalue weighted by atomic mass is 19.1. The molecule has 1 aliphatic carbocycles. The fraction of sp³-hybridized carbons (Fsp3) is 0.625. The van der Waals surface area contributed by atoms with Gasteiger partial charge in [0.05, 0.1) is 7.11 Å². The fourth-order valence-electron chi connectivity index (χ4n) is 3.10. The van der Waals surface area contributed by atoms with Crippen LogP contribution in [0.15, 0.2) is 18.2 Å². The molecule has 0 bridgehead atoms. The van der Waals surface area contributed by atoms with Crippen molar-refractivity contribution in [3.8, 4) is 5.75 Å². The molecular formula is C16H24FNO2. The first-order valence-corrected chi connectivity index (χ1v) is 7.28. The van der Waals surface area contributed by atoms with Crippen molar-refractivity contribution in [3.63, 3.8) is 0 Å². The van der Waals surface area contributed by atoms with Gasteiger partial charge in [0.15, 0.2) is 0 Å². The number of hydrogen-bond acceptors (Lipinski definition) is 3. The zero-order chi connectivity index (χ0) is 14.6. The van der Waals surface area contributed by atoms with Crippen molar-refractivity contribution in [2.24, 2.45) is 5.41 Å². The fourth-order valence-corrected chi connectivity index (χ4v) is 3.10. The third-order valence-electron chi connectivity index (χ3n) is 4.45. The summed E-state index contributed by atoms with van der Waals surface area (Å²) in [4.78, 5) is 0. The largest absolute Gasteiger partial charge is 0.496 e. The van der Waals surface area contributed by atoms with Crippen LogP contribution in [0.4, 0.5) is 4.39 Å². The topological polar surface area (TPSA) is 41.5 Å². The molecule has 0 heterocycles. The first-order valence-electron chi connectivity index (χ1n) is 7.28. The van der Waals surface area contributed by atoms with Crippen molar-refractivity contribution in [2.45, 2.75) is 38.6 Å². The normalized spacial score (nSPS) is 19.0. The first-order chi connectivity index (χ1) is 9.62. The smallest absolute Gasteiger partial charge is 0.131 e. The van der Waals surface area contributed by atoms with Crippen LogP contribution < -0.4 is 10.1 Å². The number of rotatable bonds is 6. The van der Waals surface area contributed by atoms with Crippen molar-refractivity contribution < 1.29 is 14.2 Å². The van der Waals surface area contributed by atoms with Crippen LogP contribution in [0.25, 0.3) is 0 Å². The van der Waals surface area contributed by atoms with E-state index in [0.29, 0.717) is 17.9 Å². The lowest BCUT2D eigenvalue weighted by Crippen LogP contribution is -2.36. The molecule has 1 aromatic rings. The minimum absolute atomic E-state index is 0.0350. The summed E-state index contributed by atoms with van der Waals surface area (Å²) in [5.74, 6) is 0.309. The van der Waals surface area contributed by atoms with E-state index >= 15 is 0 Å². The summed E-state index contributed by atoms with van der Waals surface area (Å²) in [7, 11) is 1.55. The van der Waals surface area contributed by atoms with E-state index < -0.39 is 0 Å². The van der Waals surface area contributed by atoms with E-state index in [-0.39, 0.29) is 23.9 Å². The lowest BCUT2D eigenvalue weighted by molar-refractivity contribution is 0.125. The van der Waals surface area contributed by atoms with Gasteiger partial charge >= 0.3 is 0 Å². The minimum atomic E-state index is -0.256. The van der Waals surface area contributed by atoms with Gasteiger partial charge in [0, 0.05) is 30.2 Å². The lowest BCUT2D eigenvalue weighted by atomic mass is 9.87. The molecule has 0 saturated heterocycles. The van der Waals surface area contributed by atoms with Gasteiger partial charge < -0.3 is 15.2 Å². The average Bonchev–Trinajstić information content (AvgIpc) is 2.94. The number of halogens is 1. The van der Waals surface area contributed by atoms with Crippen LogP contribution in [-0.4, -0.2) is 25.4 Å². The van der Waals surface area contributed by atoms with E-state index in [2.05, 4.69) is 5.32 Å². The molecular weight excluding hydrogens is 257 g/mol. The SMILES string of the molecule is COc1cccc(F)c1C(C)NCC1(CO)CCCC1. The Bertz CT molecular complexity index is 444. The van der Waals surface area contributed by atoms with Crippen LogP contribution in [0.1, 0.15) is 44.2 Å². The van der Waals surface area contributed by atoms with Gasteiger partial charge in [0.25, 0.3) is 0 Å². The van der Waals surface area contributed by atoms with Crippen molar-refractivity contribution >= 4 is 0 Å². The number of benzene rings is 1. The summed E-state index contributed by atoms with van der Waals surface area (Å²) in [6, 6.07) is 4.73. The Labute approximate surface area is 120 Å². The Balaban J connectivity index is 2.07. The van der Waals surface area contributed by atoms with Crippen molar-refractivity contribution in [1.29, 1.82) is 0 Å². The van der Waals surface area contributed by atoms with Crippen LogP contribution >= 0.6 is 0 Å². The third-order valence-corrected chi connectivity index (χ3v) is 4.45. The molecule has 0 amide bonds. The molecule has 4 heteroatoms. The molecule has 2 rings (SSSR count). The van der Waals surface area contributed by atoms with E-state index in [9.17, 15) is 9.50 Å². The number of hydrogen-bond donors (Lipinski definition) is 2. The van der Waals surface area contributed by atoms with Crippen LogP contribution in [0, 0.1) is 11.2 Å². The summed E-state index contributed by atoms with van der Waals surface area (Å²) in [6.07, 6.45) is 4.41. The highest BCUT2D eigenvalue weighted by Crippen LogP contribution is 2.38. The summed E-state index contributed by atoms with van der Waals surface area (Å²) in [5, 5.41) is 13.0. The van der Waals surface area contributed by atoms with Crippen molar-refractivity contribution in [3.05, 3.63) is 29.6 Å². The Morgan fingerprint density at radius 3 is 2.70 bits per heavy atom. The van der Waals surface area contributed by atoms with Crippen LogP contribution in [0.5, 0.6) is 5.75 Å². The van der Waals surface area contributed by atoms with Crippen LogP contribution in [-0.2, 0) is 0 Å². The number of aliphatic hydroxyl groups excluding tert-OH is 1. The summed E-state index contributed by atoms with van der Waals surface area (Å²) in [5.41, 5.74) is 0.522. The van der Waals surface area contributed by atoms with Gasteiger partial charge in [-0.3, -0.25) is 0 Å². The molecule has 0 radical (unpaired) electrons. The molecule has 0 aromatic heterocycles. The lowest BCUT2D eigenvalue weighted by Gasteiger charge is -2.29. The minimum Gasteiger partial charge on any atom is -0.496 e. The molecule has 0 spiro atoms. The monoisotopic (exact) mass is 281 g/mol. The highest BCUT2D eigenvalue weighted by molar-refractivity contribution is 5.36. The second kappa shape index (κ2) is 6.55. The molecule has 1 saturated carbocycles. The van der Waals surface area contributed by atoms with Gasteiger partial charge in [-0.1, -0.05) is 18.9 Å². The number of ether oxygens (including phenoxy) is 1. The summed E-state index contributed by atoms with van der Waals surface area (Å²) >= 11 is 0. The van der Waals surface area contributed by atoms with Gasteiger partial charge in [-0.2, -0.15) is 0 Å². The van der Waals surface area contributed by atoms with Gasteiger partial charge in [0.1, 0.15) is 11.6 Å². The van der Waals surface area contributed by atoms with E-state index in [0.717, 1.165) is 12.8 Å². The van der Waals surface area contributed by atoms with E-state index in [4.69, 9.17) is 4.74 Å². The van der Waals surface area contributed by atoms with Gasteiger partial charge in [0.2, 0.25) is 0 Å². The number of methoxy groups -OCH3 is 1. The van der Waals surface area contributed by atoms with Crippen LogP contribution in [0.2, 0.25) is 0 Å². The molecule has 112 valence electrons. The quantitative estimate of drug-likeness (QED) is 0.842. The summed E-state index contributed by atoms with van der Waals surface area (Å²) < 4.78 is 19.2. The van der Waals surface area contributed by atoms with Crippen LogP contribution in [0.3, 0.4) is 0 Å². The second-order valence-electron chi connectivity index (χ2n) is 5.82. The van der Waals surface area contributed by atoms with E-state index in [1.165, 1.54) is 18.9 Å². The molecule has 1 fully saturated rings. The molecule has 1 aliphatic rings. The van der Waals surface area contributed by atoms with Gasteiger partial charge in [-0.05, 0) is 31.9 Å². The van der Waals surface area contributed by atoms with E-state index in [1.54, 1.807) is 19.2 Å². The average molecular weight is 281 g/mol. The first kappa shape index (κ1) is 15.3. The predicted octanol–water partition coefficient (Wildman–Crippen LogP) is 3.04. The van der Waals surface area contributed by atoms with Gasteiger partial charge in [-0.15, -0.1) is 0 Å². The maximum absolute atomic E-state index is 14.0. The van der Waals surface area contributed by atoms with E-state index in [1.807, 2.05) is 6.92 Å². The van der Waals surface area contributed by atoms with Crippen molar-refractivity contribution in [1.82, 2.24) is 5.32 Å². The van der Waals surface area contributed by atoms with Gasteiger partial charge in [-0.25, -0.2) is 4.39 Å². The molecule has 0 aliphatic heterocycles. The molecule has 1 aromatic carbocycles. The van der Waals surface area contributed by atoms with Crippen molar-refractivity contribution in [2.75, 3.05) is 20.3 Å².